The van der Waals surface area contributed by atoms with E-state index in [9.17, 15) is 19.5 Å². The van der Waals surface area contributed by atoms with Crippen LogP contribution in [0.3, 0.4) is 0 Å². The summed E-state index contributed by atoms with van der Waals surface area (Å²) >= 11 is 0. The van der Waals surface area contributed by atoms with Gasteiger partial charge in [0.1, 0.15) is 11.5 Å². The number of aliphatic hydroxyl groups excluding tert-OH is 1. The Hall–Kier alpha value is -4.39. The Labute approximate surface area is 222 Å². The molecule has 3 aromatic carbocycles. The first-order valence-electron chi connectivity index (χ1n) is 12.4. The zero-order valence-electron chi connectivity index (χ0n) is 22.5. The van der Waals surface area contributed by atoms with Gasteiger partial charge < -0.3 is 15.2 Å². The summed E-state index contributed by atoms with van der Waals surface area (Å²) in [5.74, 6) is -1.77. The van der Waals surface area contributed by atoms with E-state index in [4.69, 9.17) is 4.74 Å². The zero-order chi connectivity index (χ0) is 27.8. The number of nitrogens with one attached hydrogen (secondary N) is 1. The van der Waals surface area contributed by atoms with Crippen molar-refractivity contribution < 1.29 is 24.2 Å². The van der Waals surface area contributed by atoms with Crippen LogP contribution in [0.5, 0.6) is 5.75 Å². The third kappa shape index (κ3) is 5.05. The van der Waals surface area contributed by atoms with Gasteiger partial charge in [0.05, 0.1) is 24.3 Å². The lowest BCUT2D eigenvalue weighted by molar-refractivity contribution is -0.132. The van der Waals surface area contributed by atoms with E-state index in [-0.39, 0.29) is 22.7 Å². The van der Waals surface area contributed by atoms with Crippen molar-refractivity contribution in [1.82, 2.24) is 0 Å². The molecule has 0 spiro atoms. The van der Waals surface area contributed by atoms with Crippen LogP contribution in [-0.2, 0) is 19.8 Å². The van der Waals surface area contributed by atoms with Gasteiger partial charge >= 0.3 is 0 Å². The number of amides is 2. The van der Waals surface area contributed by atoms with Crippen molar-refractivity contribution in [3.8, 4) is 5.75 Å². The minimum atomic E-state index is -0.901. The van der Waals surface area contributed by atoms with Gasteiger partial charge in [-0.3, -0.25) is 19.3 Å². The van der Waals surface area contributed by atoms with Crippen molar-refractivity contribution in [2.45, 2.75) is 46.1 Å². The van der Waals surface area contributed by atoms with Gasteiger partial charge in [0, 0.05) is 18.3 Å². The number of Topliss-reactive ketones (excluding diaryl/α,β-unsaturated/α-hetero) is 1. The minimum absolute atomic E-state index is 0.0349. The van der Waals surface area contributed by atoms with E-state index in [1.807, 2.05) is 37.3 Å². The molecule has 196 valence electrons. The molecule has 1 unspecified atom stereocenters. The highest BCUT2D eigenvalue weighted by Crippen LogP contribution is 2.44. The summed E-state index contributed by atoms with van der Waals surface area (Å²) in [6.07, 6.45) is 0. The van der Waals surface area contributed by atoms with Crippen LogP contribution in [0, 0.1) is 6.92 Å². The predicted molar refractivity (Wildman–Crippen MR) is 148 cm³/mol. The predicted octanol–water partition coefficient (Wildman–Crippen LogP) is 5.89. The average molecular weight is 513 g/mol. The molecule has 0 saturated carbocycles. The Morgan fingerprint density at radius 2 is 1.68 bits per heavy atom. The van der Waals surface area contributed by atoms with Crippen molar-refractivity contribution in [2.24, 2.45) is 0 Å². The molecular weight excluding hydrogens is 480 g/mol. The largest absolute Gasteiger partial charge is 0.507 e. The summed E-state index contributed by atoms with van der Waals surface area (Å²) in [4.78, 5) is 40.1. The van der Waals surface area contributed by atoms with Gasteiger partial charge in [0.2, 0.25) is 5.91 Å². The second-order valence-electron chi connectivity index (χ2n) is 10.5. The third-order valence-corrected chi connectivity index (χ3v) is 6.59. The van der Waals surface area contributed by atoms with Gasteiger partial charge in [-0.25, -0.2) is 0 Å². The lowest BCUT2D eigenvalue weighted by Crippen LogP contribution is -2.29. The second-order valence-corrected chi connectivity index (χ2v) is 10.5. The SMILES string of the molecule is COc1ccc(C)cc1/C(O)=C1\C(=O)C(=O)N(c2cccc(NC(C)=O)c2)C1c1ccc(C(C)(C)C)cc1. The Morgan fingerprint density at radius 1 is 1.00 bits per heavy atom. The summed E-state index contributed by atoms with van der Waals surface area (Å²) in [6, 6.07) is 18.8. The fourth-order valence-electron chi connectivity index (χ4n) is 4.67. The van der Waals surface area contributed by atoms with Gasteiger partial charge in [-0.05, 0) is 53.8 Å². The summed E-state index contributed by atoms with van der Waals surface area (Å²) < 4.78 is 5.46. The molecule has 2 N–H and O–H groups in total. The van der Waals surface area contributed by atoms with Crippen molar-refractivity contribution in [3.05, 3.63) is 94.6 Å². The molecule has 7 nitrogen and oxygen atoms in total. The number of benzene rings is 3. The minimum Gasteiger partial charge on any atom is -0.507 e. The van der Waals surface area contributed by atoms with E-state index in [1.54, 1.807) is 36.4 Å². The number of nitrogens with zero attached hydrogens (tertiary/aromatic N) is 1. The Morgan fingerprint density at radius 3 is 2.29 bits per heavy atom. The second kappa shape index (κ2) is 10.2. The topological polar surface area (TPSA) is 95.9 Å². The molecule has 2 amide bonds. The standard InChI is InChI=1S/C31H32N2O5/c1-18-10-15-25(38-6)24(16-18)28(35)26-27(20-11-13-21(14-12-20)31(3,4)5)33(30(37)29(26)36)23-9-7-8-22(17-23)32-19(2)34/h7-17,27,35H,1-6H3,(H,32,34)/b28-26+. The Bertz CT molecular complexity index is 1450. The Balaban J connectivity index is 1.96. The first-order valence-corrected chi connectivity index (χ1v) is 12.4. The van der Waals surface area contributed by atoms with E-state index in [2.05, 4.69) is 26.1 Å². The molecule has 1 aliphatic rings. The van der Waals surface area contributed by atoms with E-state index in [0.29, 0.717) is 28.3 Å². The average Bonchev–Trinajstić information content (AvgIpc) is 3.13. The molecule has 1 aliphatic heterocycles. The van der Waals surface area contributed by atoms with Crippen LogP contribution in [0.4, 0.5) is 11.4 Å². The normalized spacial score (nSPS) is 17.0. The molecule has 4 rings (SSSR count). The lowest BCUT2D eigenvalue weighted by atomic mass is 9.85. The highest BCUT2D eigenvalue weighted by Gasteiger charge is 2.47. The number of methoxy groups -OCH3 is 1. The van der Waals surface area contributed by atoms with E-state index >= 15 is 0 Å². The number of hydrogen-bond donors (Lipinski definition) is 2. The Kier molecular flexibility index (Phi) is 7.14. The summed E-state index contributed by atoms with van der Waals surface area (Å²) in [7, 11) is 1.48. The third-order valence-electron chi connectivity index (χ3n) is 6.59. The first-order chi connectivity index (χ1) is 17.9. The lowest BCUT2D eigenvalue weighted by Gasteiger charge is -2.27. The number of carbonyl (C=O) groups excluding carboxylic acids is 3. The van der Waals surface area contributed by atoms with Crippen LogP contribution >= 0.6 is 0 Å². The molecule has 7 heteroatoms. The monoisotopic (exact) mass is 512 g/mol. The van der Waals surface area contributed by atoms with Crippen molar-refractivity contribution >= 4 is 34.7 Å². The molecule has 1 heterocycles. The van der Waals surface area contributed by atoms with Crippen LogP contribution in [0.25, 0.3) is 5.76 Å². The van der Waals surface area contributed by atoms with Crippen LogP contribution in [0.15, 0.2) is 72.3 Å². The maximum Gasteiger partial charge on any atom is 0.300 e. The number of aliphatic hydroxyl groups is 1. The van der Waals surface area contributed by atoms with Gasteiger partial charge in [0.25, 0.3) is 11.7 Å². The first kappa shape index (κ1) is 26.7. The quantitative estimate of drug-likeness (QED) is 0.253. The molecule has 1 atom stereocenters. The molecule has 0 aromatic heterocycles. The van der Waals surface area contributed by atoms with E-state index in [1.165, 1.54) is 18.9 Å². The fourth-order valence-corrected chi connectivity index (χ4v) is 4.67. The van der Waals surface area contributed by atoms with Crippen molar-refractivity contribution in [1.29, 1.82) is 0 Å². The smallest absolute Gasteiger partial charge is 0.300 e. The molecule has 0 radical (unpaired) electrons. The molecule has 0 bridgehead atoms. The van der Waals surface area contributed by atoms with E-state index in [0.717, 1.165) is 11.1 Å². The van der Waals surface area contributed by atoms with Gasteiger partial charge in [0.15, 0.2) is 0 Å². The number of ketones is 1. The maximum atomic E-state index is 13.5. The highest BCUT2D eigenvalue weighted by molar-refractivity contribution is 6.51. The van der Waals surface area contributed by atoms with Gasteiger partial charge in [-0.1, -0.05) is 62.7 Å². The molecular formula is C31H32N2O5. The number of anilines is 2. The van der Waals surface area contributed by atoms with Crippen molar-refractivity contribution in [2.75, 3.05) is 17.3 Å². The van der Waals surface area contributed by atoms with E-state index < -0.39 is 17.7 Å². The maximum absolute atomic E-state index is 13.5. The highest BCUT2D eigenvalue weighted by atomic mass is 16.5. The summed E-state index contributed by atoms with van der Waals surface area (Å²) in [5.41, 5.74) is 3.71. The van der Waals surface area contributed by atoms with Gasteiger partial charge in [-0.15, -0.1) is 0 Å². The van der Waals surface area contributed by atoms with Crippen LogP contribution in [0.2, 0.25) is 0 Å². The number of ether oxygens (including phenoxy) is 1. The van der Waals surface area contributed by atoms with Crippen LogP contribution < -0.4 is 15.0 Å². The van der Waals surface area contributed by atoms with Gasteiger partial charge in [-0.2, -0.15) is 0 Å². The number of rotatable bonds is 5. The van der Waals surface area contributed by atoms with Crippen LogP contribution in [-0.4, -0.2) is 29.8 Å². The summed E-state index contributed by atoms with van der Waals surface area (Å²) in [6.45, 7) is 9.57. The van der Waals surface area contributed by atoms with Crippen molar-refractivity contribution in [3.63, 3.8) is 0 Å². The zero-order valence-corrected chi connectivity index (χ0v) is 22.5. The molecule has 3 aromatic rings. The number of aryl methyl sites for hydroxylation is 1. The molecule has 1 saturated heterocycles. The molecule has 38 heavy (non-hydrogen) atoms. The number of hydrogen-bond acceptors (Lipinski definition) is 5. The molecule has 0 aliphatic carbocycles. The van der Waals surface area contributed by atoms with Crippen LogP contribution in [0.1, 0.15) is 56.0 Å². The molecule has 1 fully saturated rings. The summed E-state index contributed by atoms with van der Waals surface area (Å²) in [5, 5.41) is 14.3. The fraction of sp³-hybridized carbons (Fsp3) is 0.258. The number of carbonyl (C=O) groups is 3.